The number of aliphatic hydroxyl groups is 1. The van der Waals surface area contributed by atoms with Gasteiger partial charge in [-0.15, -0.1) is 0 Å². The second-order valence-electron chi connectivity index (χ2n) is 7.31. The molecule has 0 aliphatic carbocycles. The first kappa shape index (κ1) is 22.9. The first-order valence-corrected chi connectivity index (χ1v) is 10.3. The lowest BCUT2D eigenvalue weighted by Crippen LogP contribution is -2.29. The van der Waals surface area contributed by atoms with Crippen molar-refractivity contribution >= 4 is 40.4 Å². The molecule has 172 valence electrons. The van der Waals surface area contributed by atoms with E-state index in [2.05, 4.69) is 0 Å². The summed E-state index contributed by atoms with van der Waals surface area (Å²) in [6.07, 6.45) is 0. The maximum absolute atomic E-state index is 14.4. The van der Waals surface area contributed by atoms with E-state index in [1.807, 2.05) is 0 Å². The number of ether oxygens (including phenoxy) is 1. The molecule has 1 heterocycles. The molecule has 0 aromatic heterocycles. The number of nitro groups is 1. The van der Waals surface area contributed by atoms with E-state index in [1.54, 1.807) is 12.1 Å². The normalized spacial score (nSPS) is 17.1. The Kier molecular flexibility index (Phi) is 6.04. The van der Waals surface area contributed by atoms with Gasteiger partial charge in [0.05, 0.1) is 34.2 Å². The Morgan fingerprint density at radius 1 is 1.12 bits per heavy atom. The monoisotopic (exact) mass is 482 g/mol. The number of rotatable bonds is 5. The Morgan fingerprint density at radius 3 is 2.41 bits per heavy atom. The van der Waals surface area contributed by atoms with E-state index >= 15 is 0 Å². The molecule has 0 saturated carbocycles. The standard InChI is InChI=1S/C24H16ClFN2O6/c1-34-15-9-7-14(8-10-15)27-21(13-6-11-17(25)18(26)12-13)20(23(30)24(27)31)22(29)16-4-2-3-5-19(16)28(32)33/h2-12,21,29H,1H3. The highest BCUT2D eigenvalue weighted by Gasteiger charge is 2.47. The number of aliphatic hydroxyl groups excluding tert-OH is 1. The number of methoxy groups -OCH3 is 1. The minimum Gasteiger partial charge on any atom is -0.507 e. The predicted octanol–water partition coefficient (Wildman–Crippen LogP) is 5.02. The number of carbonyl (C=O) groups excluding carboxylic acids is 2. The fourth-order valence-electron chi connectivity index (χ4n) is 3.82. The van der Waals surface area contributed by atoms with Crippen molar-refractivity contribution in [2.45, 2.75) is 6.04 Å². The molecule has 10 heteroatoms. The summed E-state index contributed by atoms with van der Waals surface area (Å²) in [5, 5.41) is 22.4. The second-order valence-corrected chi connectivity index (χ2v) is 7.72. The summed E-state index contributed by atoms with van der Waals surface area (Å²) >= 11 is 5.81. The van der Waals surface area contributed by atoms with Gasteiger partial charge >= 0.3 is 0 Å². The highest BCUT2D eigenvalue weighted by molar-refractivity contribution is 6.51. The van der Waals surface area contributed by atoms with E-state index in [0.29, 0.717) is 5.75 Å². The molecule has 1 aliphatic heterocycles. The third-order valence-corrected chi connectivity index (χ3v) is 5.72. The fourth-order valence-corrected chi connectivity index (χ4v) is 3.94. The molecule has 1 atom stereocenters. The van der Waals surface area contributed by atoms with Crippen LogP contribution in [0.5, 0.6) is 5.75 Å². The van der Waals surface area contributed by atoms with Crippen molar-refractivity contribution in [3.8, 4) is 5.75 Å². The van der Waals surface area contributed by atoms with E-state index in [-0.39, 0.29) is 21.8 Å². The molecule has 1 fully saturated rings. The Hall–Kier alpha value is -4.24. The average Bonchev–Trinajstić information content (AvgIpc) is 3.10. The summed E-state index contributed by atoms with van der Waals surface area (Å²) in [6, 6.07) is 13.9. The Morgan fingerprint density at radius 2 is 1.79 bits per heavy atom. The number of anilines is 1. The van der Waals surface area contributed by atoms with Crippen LogP contribution in [0, 0.1) is 15.9 Å². The lowest BCUT2D eigenvalue weighted by molar-refractivity contribution is -0.385. The van der Waals surface area contributed by atoms with Crippen molar-refractivity contribution in [3.05, 3.63) is 104 Å². The summed E-state index contributed by atoms with van der Waals surface area (Å²) in [4.78, 5) is 38.1. The molecule has 1 amide bonds. The number of halogens is 2. The minimum absolute atomic E-state index is 0.136. The van der Waals surface area contributed by atoms with Crippen molar-refractivity contribution in [2.75, 3.05) is 12.0 Å². The number of hydrogen-bond donors (Lipinski definition) is 1. The smallest absolute Gasteiger partial charge is 0.300 e. The number of para-hydroxylation sites is 1. The van der Waals surface area contributed by atoms with Crippen LogP contribution >= 0.6 is 11.6 Å². The Labute approximate surface area is 197 Å². The van der Waals surface area contributed by atoms with Gasteiger partial charge in [-0.05, 0) is 48.0 Å². The quantitative estimate of drug-likeness (QED) is 0.180. The molecule has 1 N–H and O–H groups in total. The van der Waals surface area contributed by atoms with Crippen LogP contribution in [-0.4, -0.2) is 28.8 Å². The van der Waals surface area contributed by atoms with Crippen LogP contribution in [0.1, 0.15) is 17.2 Å². The number of amides is 1. The summed E-state index contributed by atoms with van der Waals surface area (Å²) in [7, 11) is 1.46. The lowest BCUT2D eigenvalue weighted by Gasteiger charge is -2.25. The van der Waals surface area contributed by atoms with Gasteiger partial charge in [0.2, 0.25) is 0 Å². The molecule has 0 bridgehead atoms. The average molecular weight is 483 g/mol. The fraction of sp³-hybridized carbons (Fsp3) is 0.0833. The summed E-state index contributed by atoms with van der Waals surface area (Å²) in [5.41, 5.74) is -0.727. The van der Waals surface area contributed by atoms with Gasteiger partial charge in [-0.3, -0.25) is 24.6 Å². The number of nitrogens with zero attached hydrogens (tertiary/aromatic N) is 2. The molecule has 1 saturated heterocycles. The van der Waals surface area contributed by atoms with Gasteiger partial charge in [0.1, 0.15) is 17.3 Å². The van der Waals surface area contributed by atoms with E-state index in [9.17, 15) is 29.2 Å². The summed E-state index contributed by atoms with van der Waals surface area (Å²) < 4.78 is 19.5. The first-order valence-electron chi connectivity index (χ1n) is 9.88. The van der Waals surface area contributed by atoms with Crippen LogP contribution in [0.3, 0.4) is 0 Å². The molecular formula is C24H16ClFN2O6. The zero-order valence-corrected chi connectivity index (χ0v) is 18.3. The first-order chi connectivity index (χ1) is 16.2. The number of carbonyl (C=O) groups is 2. The van der Waals surface area contributed by atoms with E-state index < -0.39 is 45.5 Å². The summed E-state index contributed by atoms with van der Waals surface area (Å²) in [5.74, 6) is -3.13. The van der Waals surface area contributed by atoms with Crippen molar-refractivity contribution in [1.82, 2.24) is 0 Å². The number of ketones is 1. The zero-order chi connectivity index (χ0) is 24.6. The van der Waals surface area contributed by atoms with E-state index in [1.165, 1.54) is 49.6 Å². The number of nitro benzene ring substituents is 1. The number of hydrogen-bond acceptors (Lipinski definition) is 6. The van der Waals surface area contributed by atoms with E-state index in [0.717, 1.165) is 17.0 Å². The van der Waals surface area contributed by atoms with Crippen LogP contribution in [0.2, 0.25) is 5.02 Å². The van der Waals surface area contributed by atoms with Crippen molar-refractivity contribution in [3.63, 3.8) is 0 Å². The summed E-state index contributed by atoms with van der Waals surface area (Å²) in [6.45, 7) is 0. The molecule has 1 unspecified atom stereocenters. The zero-order valence-electron chi connectivity index (χ0n) is 17.6. The van der Waals surface area contributed by atoms with Gasteiger partial charge in [0, 0.05) is 11.8 Å². The molecule has 0 radical (unpaired) electrons. The van der Waals surface area contributed by atoms with Gasteiger partial charge < -0.3 is 9.84 Å². The number of Topliss-reactive ketones (excluding diaryl/α,β-unsaturated/α-hetero) is 1. The van der Waals surface area contributed by atoms with Crippen LogP contribution in [0.15, 0.2) is 72.3 Å². The van der Waals surface area contributed by atoms with Gasteiger partial charge in [-0.1, -0.05) is 29.8 Å². The highest BCUT2D eigenvalue weighted by Crippen LogP contribution is 2.43. The molecular weight excluding hydrogens is 467 g/mol. The Balaban J connectivity index is 1.99. The van der Waals surface area contributed by atoms with E-state index in [4.69, 9.17) is 16.3 Å². The van der Waals surface area contributed by atoms with Crippen molar-refractivity contribution in [2.24, 2.45) is 0 Å². The molecule has 3 aromatic rings. The van der Waals surface area contributed by atoms with Crippen molar-refractivity contribution < 1.29 is 28.7 Å². The lowest BCUT2D eigenvalue weighted by atomic mass is 9.94. The van der Waals surface area contributed by atoms with Crippen LogP contribution in [0.25, 0.3) is 5.76 Å². The predicted molar refractivity (Wildman–Crippen MR) is 122 cm³/mol. The van der Waals surface area contributed by atoms with Gasteiger partial charge in [0.15, 0.2) is 0 Å². The minimum atomic E-state index is -1.28. The molecule has 0 spiro atoms. The third-order valence-electron chi connectivity index (χ3n) is 5.41. The molecule has 4 rings (SSSR count). The van der Waals surface area contributed by atoms with Gasteiger partial charge in [-0.25, -0.2) is 4.39 Å². The molecule has 34 heavy (non-hydrogen) atoms. The van der Waals surface area contributed by atoms with Crippen molar-refractivity contribution in [1.29, 1.82) is 0 Å². The van der Waals surface area contributed by atoms with Crippen LogP contribution in [-0.2, 0) is 9.59 Å². The molecule has 1 aliphatic rings. The molecule has 8 nitrogen and oxygen atoms in total. The van der Waals surface area contributed by atoms with Crippen LogP contribution < -0.4 is 9.64 Å². The maximum atomic E-state index is 14.4. The molecule has 3 aromatic carbocycles. The topological polar surface area (TPSA) is 110 Å². The Bertz CT molecular complexity index is 1360. The largest absolute Gasteiger partial charge is 0.507 e. The third kappa shape index (κ3) is 3.86. The second kappa shape index (κ2) is 8.95. The highest BCUT2D eigenvalue weighted by atomic mass is 35.5. The van der Waals surface area contributed by atoms with Gasteiger partial charge in [-0.2, -0.15) is 0 Å². The SMILES string of the molecule is COc1ccc(N2C(=O)C(=O)C(=C(O)c3ccccc3[N+](=O)[O-])C2c2ccc(Cl)c(F)c2)cc1. The van der Waals surface area contributed by atoms with Gasteiger partial charge in [0.25, 0.3) is 17.4 Å². The number of benzene rings is 3. The maximum Gasteiger partial charge on any atom is 0.300 e. The van der Waals surface area contributed by atoms with Crippen LogP contribution in [0.4, 0.5) is 15.8 Å².